The summed E-state index contributed by atoms with van der Waals surface area (Å²) >= 11 is 0. The van der Waals surface area contributed by atoms with Crippen LogP contribution in [0.4, 0.5) is 0 Å². The Hall–Kier alpha value is -0.393. The molecule has 5 heteroatoms. The number of amidine groups is 1. The summed E-state index contributed by atoms with van der Waals surface area (Å²) < 4.78 is 0. The number of nitrogens with one attached hydrogen (secondary N) is 2. The van der Waals surface area contributed by atoms with Crippen LogP contribution in [0.1, 0.15) is 26.7 Å². The lowest BCUT2D eigenvalue weighted by molar-refractivity contribution is 0.0188. The Morgan fingerprint density at radius 1 is 1.57 bits per heavy atom. The molecule has 1 saturated heterocycles. The summed E-state index contributed by atoms with van der Waals surface area (Å²) in [5, 5.41) is 10.0. The standard InChI is InChI=1S/C9H17N4Si/c1-6-9(2,7-4-5-7)8(10)12(3)13(14)11-6/h6-7,10-11H,4-5H2,1-3H3. The van der Waals surface area contributed by atoms with Gasteiger partial charge in [0.25, 0.3) is 0 Å². The van der Waals surface area contributed by atoms with Crippen molar-refractivity contribution in [3.05, 3.63) is 0 Å². The maximum Gasteiger partial charge on any atom is 0.200 e. The third-order valence-electron chi connectivity index (χ3n) is 3.77. The van der Waals surface area contributed by atoms with Gasteiger partial charge in [-0.1, -0.05) is 6.92 Å². The highest BCUT2D eigenvalue weighted by molar-refractivity contribution is 6.05. The minimum absolute atomic E-state index is 0.0160. The fraction of sp³-hybridized carbons (Fsp3) is 0.889. The molecule has 0 spiro atoms. The Kier molecular flexibility index (Phi) is 2.21. The van der Waals surface area contributed by atoms with E-state index in [2.05, 4.69) is 29.7 Å². The molecule has 77 valence electrons. The highest BCUT2D eigenvalue weighted by Crippen LogP contribution is 2.49. The second-order valence-electron chi connectivity index (χ2n) is 4.59. The van der Waals surface area contributed by atoms with Gasteiger partial charge < -0.3 is 0 Å². The molecule has 1 aliphatic carbocycles. The van der Waals surface area contributed by atoms with Crippen LogP contribution in [0, 0.1) is 16.7 Å². The van der Waals surface area contributed by atoms with Crippen molar-refractivity contribution in [1.29, 1.82) is 5.41 Å². The van der Waals surface area contributed by atoms with E-state index in [1.807, 2.05) is 12.1 Å². The zero-order chi connectivity index (χ0) is 10.5. The Bertz CT molecular complexity index is 266. The van der Waals surface area contributed by atoms with Gasteiger partial charge in [0.05, 0.1) is 0 Å². The Morgan fingerprint density at radius 3 is 2.64 bits per heavy atom. The number of hydrazine groups is 2. The average molecular weight is 209 g/mol. The van der Waals surface area contributed by atoms with E-state index in [-0.39, 0.29) is 5.41 Å². The fourth-order valence-electron chi connectivity index (χ4n) is 2.29. The molecular weight excluding hydrogens is 192 g/mol. The van der Waals surface area contributed by atoms with E-state index in [0.717, 1.165) is 0 Å². The quantitative estimate of drug-likeness (QED) is 0.619. The summed E-state index contributed by atoms with van der Waals surface area (Å²) in [5.41, 5.74) is 3.29. The summed E-state index contributed by atoms with van der Waals surface area (Å²) in [6.07, 6.45) is 2.53. The topological polar surface area (TPSA) is 42.4 Å². The van der Waals surface area contributed by atoms with Gasteiger partial charge >= 0.3 is 0 Å². The fourth-order valence-corrected chi connectivity index (χ4v) is 2.58. The molecule has 0 amide bonds. The first-order valence-electron chi connectivity index (χ1n) is 5.08. The van der Waals surface area contributed by atoms with Crippen LogP contribution < -0.4 is 5.43 Å². The molecular formula is C9H17N4Si. The second kappa shape index (κ2) is 3.05. The van der Waals surface area contributed by atoms with Gasteiger partial charge in [-0.3, -0.25) is 10.4 Å². The summed E-state index contributed by atoms with van der Waals surface area (Å²) in [6, 6.07) is 0.302. The lowest BCUT2D eigenvalue weighted by Crippen LogP contribution is -2.67. The van der Waals surface area contributed by atoms with Crippen LogP contribution >= 0.6 is 0 Å². The highest BCUT2D eigenvalue weighted by atomic mass is 28.2. The first-order valence-corrected chi connectivity index (χ1v) is 5.53. The minimum atomic E-state index is -0.0160. The molecule has 1 saturated carbocycles. The van der Waals surface area contributed by atoms with E-state index in [0.29, 0.717) is 17.8 Å². The van der Waals surface area contributed by atoms with E-state index < -0.39 is 0 Å². The van der Waals surface area contributed by atoms with Crippen LogP contribution in [0.15, 0.2) is 0 Å². The van der Waals surface area contributed by atoms with Gasteiger partial charge in [0.2, 0.25) is 10.4 Å². The van der Waals surface area contributed by atoms with Crippen LogP contribution in [0.2, 0.25) is 0 Å². The second-order valence-corrected chi connectivity index (χ2v) is 5.02. The van der Waals surface area contributed by atoms with Gasteiger partial charge in [-0.25, -0.2) is 5.43 Å². The van der Waals surface area contributed by atoms with Gasteiger partial charge in [0.1, 0.15) is 5.84 Å². The predicted molar refractivity (Wildman–Crippen MR) is 56.5 cm³/mol. The van der Waals surface area contributed by atoms with Crippen molar-refractivity contribution in [1.82, 2.24) is 15.2 Å². The first-order chi connectivity index (χ1) is 6.48. The van der Waals surface area contributed by atoms with Crippen LogP contribution in [-0.2, 0) is 0 Å². The van der Waals surface area contributed by atoms with E-state index >= 15 is 0 Å². The van der Waals surface area contributed by atoms with E-state index in [4.69, 9.17) is 5.41 Å². The zero-order valence-corrected chi connectivity index (χ0v) is 9.96. The molecule has 2 fully saturated rings. The van der Waals surface area contributed by atoms with Crippen LogP contribution in [0.5, 0.6) is 0 Å². The molecule has 2 atom stereocenters. The molecule has 0 aromatic carbocycles. The number of hydrogen-bond donors (Lipinski definition) is 2. The molecule has 1 aliphatic heterocycles. The maximum atomic E-state index is 8.19. The molecule has 2 rings (SSSR count). The van der Waals surface area contributed by atoms with Crippen molar-refractivity contribution >= 4 is 16.2 Å². The number of nitrogens with zero attached hydrogens (tertiary/aromatic N) is 2. The summed E-state index contributed by atoms with van der Waals surface area (Å²) in [4.78, 5) is 1.71. The Balaban J connectivity index is 2.26. The zero-order valence-electron chi connectivity index (χ0n) is 8.96. The van der Waals surface area contributed by atoms with Gasteiger partial charge in [0.15, 0.2) is 0 Å². The summed E-state index contributed by atoms with van der Waals surface area (Å²) in [5.74, 6) is 1.38. The van der Waals surface area contributed by atoms with Crippen molar-refractivity contribution in [3.63, 3.8) is 0 Å². The highest BCUT2D eigenvalue weighted by Gasteiger charge is 2.52. The maximum absolute atomic E-state index is 8.19. The van der Waals surface area contributed by atoms with Crippen molar-refractivity contribution in [2.75, 3.05) is 7.05 Å². The number of hydrogen-bond acceptors (Lipinski definition) is 3. The Morgan fingerprint density at radius 2 is 2.14 bits per heavy atom. The Labute approximate surface area is 88.6 Å². The molecule has 2 unspecified atom stereocenters. The predicted octanol–water partition coefficient (Wildman–Crippen LogP) is 0.519. The molecule has 2 aliphatic rings. The van der Waals surface area contributed by atoms with Gasteiger partial charge in [-0.2, -0.15) is 4.78 Å². The van der Waals surface area contributed by atoms with Crippen molar-refractivity contribution in [2.45, 2.75) is 32.7 Å². The van der Waals surface area contributed by atoms with Crippen molar-refractivity contribution in [2.24, 2.45) is 11.3 Å². The van der Waals surface area contributed by atoms with Crippen LogP contribution in [0.3, 0.4) is 0 Å². The first kappa shape index (κ1) is 10.1. The van der Waals surface area contributed by atoms with Gasteiger partial charge in [-0.15, -0.1) is 0 Å². The molecule has 0 aromatic rings. The molecule has 0 bridgehead atoms. The molecule has 14 heavy (non-hydrogen) atoms. The van der Waals surface area contributed by atoms with E-state index in [1.54, 1.807) is 4.78 Å². The number of rotatable bonds is 1. The third-order valence-corrected chi connectivity index (χ3v) is 4.20. The lowest BCUT2D eigenvalue weighted by Gasteiger charge is -2.50. The minimum Gasteiger partial charge on any atom is -0.290 e. The summed E-state index contributed by atoms with van der Waals surface area (Å²) in [7, 11) is 5.31. The molecule has 0 aromatic heterocycles. The molecule has 3 radical (unpaired) electrons. The van der Waals surface area contributed by atoms with Gasteiger partial charge in [0, 0.05) is 18.5 Å². The van der Waals surface area contributed by atoms with Crippen LogP contribution in [0.25, 0.3) is 0 Å². The van der Waals surface area contributed by atoms with Gasteiger partial charge in [-0.05, 0) is 25.7 Å². The van der Waals surface area contributed by atoms with Crippen LogP contribution in [-0.4, -0.2) is 39.1 Å². The van der Waals surface area contributed by atoms with E-state index in [1.165, 1.54) is 12.8 Å². The third kappa shape index (κ3) is 1.23. The monoisotopic (exact) mass is 209 g/mol. The van der Waals surface area contributed by atoms with Crippen molar-refractivity contribution < 1.29 is 0 Å². The normalized spacial score (nSPS) is 40.4. The average Bonchev–Trinajstić information content (AvgIpc) is 2.95. The smallest absolute Gasteiger partial charge is 0.200 e. The lowest BCUT2D eigenvalue weighted by atomic mass is 9.76. The largest absolute Gasteiger partial charge is 0.290 e. The molecule has 1 heterocycles. The molecule has 2 N–H and O–H groups in total. The molecule has 4 nitrogen and oxygen atoms in total. The van der Waals surface area contributed by atoms with E-state index in [9.17, 15) is 0 Å². The SMILES string of the molecule is CC1NN([Si])N(C)C(=N)C1(C)C1CC1. The summed E-state index contributed by atoms with van der Waals surface area (Å²) in [6.45, 7) is 4.34. The van der Waals surface area contributed by atoms with Crippen molar-refractivity contribution in [3.8, 4) is 0 Å².